The normalized spacial score (nSPS) is 12.1. The van der Waals surface area contributed by atoms with E-state index in [1.54, 1.807) is 0 Å². The topological polar surface area (TPSA) is 26.3 Å². The quantitative estimate of drug-likeness (QED) is 0.422. The maximum absolute atomic E-state index is 12.5. The first-order valence-corrected chi connectivity index (χ1v) is 9.02. The molecule has 0 amide bonds. The zero-order valence-corrected chi connectivity index (χ0v) is 14.8. The molecule has 0 saturated carbocycles. The Labute approximate surface area is 145 Å². The number of hydrogen-bond acceptors (Lipinski definition) is 2. The van der Waals surface area contributed by atoms with Crippen LogP contribution in [0.2, 0.25) is 0 Å². The molecule has 1 unspecified atom stereocenters. The van der Waals surface area contributed by atoms with E-state index in [-0.39, 0.29) is 18.0 Å². The van der Waals surface area contributed by atoms with Gasteiger partial charge in [-0.15, -0.1) is 0 Å². The van der Waals surface area contributed by atoms with E-state index in [0.29, 0.717) is 0 Å². The van der Waals surface area contributed by atoms with E-state index in [1.165, 1.54) is 19.3 Å². The molecule has 0 spiro atoms. The summed E-state index contributed by atoms with van der Waals surface area (Å²) in [5.74, 6) is -0.166. The first-order valence-electron chi connectivity index (χ1n) is 9.02. The average Bonchev–Trinajstić information content (AvgIpc) is 2.64. The minimum atomic E-state index is -0.335. The van der Waals surface area contributed by atoms with Crippen molar-refractivity contribution in [2.75, 3.05) is 0 Å². The monoisotopic (exact) mass is 324 g/mol. The Kier molecular flexibility index (Phi) is 7.54. The minimum Gasteiger partial charge on any atom is -0.452 e. The lowest BCUT2D eigenvalue weighted by Crippen LogP contribution is -2.19. The first kappa shape index (κ1) is 18.3. The summed E-state index contributed by atoms with van der Waals surface area (Å²) < 4.78 is 5.90. The number of esters is 1. The van der Waals surface area contributed by atoms with Crippen molar-refractivity contribution >= 4 is 5.97 Å². The van der Waals surface area contributed by atoms with Gasteiger partial charge >= 0.3 is 5.97 Å². The van der Waals surface area contributed by atoms with Gasteiger partial charge in [0.1, 0.15) is 0 Å². The molecule has 1 atom stereocenters. The van der Waals surface area contributed by atoms with Crippen molar-refractivity contribution in [1.29, 1.82) is 0 Å². The molecule has 2 nitrogen and oxygen atoms in total. The summed E-state index contributed by atoms with van der Waals surface area (Å²) in [5.41, 5.74) is 2.02. The van der Waals surface area contributed by atoms with Gasteiger partial charge in [-0.1, -0.05) is 100 Å². The Hall–Kier alpha value is -2.09. The van der Waals surface area contributed by atoms with Gasteiger partial charge in [0, 0.05) is 0 Å². The molecule has 2 heteroatoms. The SMILES string of the molecule is CCCCCCC(C)C(=O)OC(c1ccccc1)c1ccccc1. The molecule has 0 saturated heterocycles. The Balaban J connectivity index is 2.04. The number of hydrogen-bond donors (Lipinski definition) is 0. The first-order chi connectivity index (χ1) is 11.7. The molecular weight excluding hydrogens is 296 g/mol. The predicted molar refractivity (Wildman–Crippen MR) is 98.7 cm³/mol. The maximum atomic E-state index is 12.5. The molecule has 0 fully saturated rings. The van der Waals surface area contributed by atoms with E-state index < -0.39 is 0 Å². The van der Waals surface area contributed by atoms with E-state index >= 15 is 0 Å². The summed E-state index contributed by atoms with van der Waals surface area (Å²) in [6.07, 6.45) is 5.29. The highest BCUT2D eigenvalue weighted by Crippen LogP contribution is 2.27. The van der Waals surface area contributed by atoms with Crippen molar-refractivity contribution in [3.63, 3.8) is 0 Å². The van der Waals surface area contributed by atoms with E-state index in [1.807, 2.05) is 67.6 Å². The molecule has 2 rings (SSSR count). The van der Waals surface area contributed by atoms with Crippen LogP contribution >= 0.6 is 0 Å². The Morgan fingerprint density at radius 2 is 1.42 bits per heavy atom. The van der Waals surface area contributed by atoms with Crippen molar-refractivity contribution in [1.82, 2.24) is 0 Å². The van der Waals surface area contributed by atoms with E-state index in [0.717, 1.165) is 24.0 Å². The minimum absolute atomic E-state index is 0.0585. The van der Waals surface area contributed by atoms with Crippen molar-refractivity contribution in [2.45, 2.75) is 52.1 Å². The Morgan fingerprint density at radius 3 is 1.92 bits per heavy atom. The highest BCUT2D eigenvalue weighted by atomic mass is 16.5. The van der Waals surface area contributed by atoms with Crippen LogP contribution in [-0.2, 0) is 9.53 Å². The number of ether oxygens (including phenoxy) is 1. The Bertz CT molecular complexity index is 552. The van der Waals surface area contributed by atoms with Gasteiger partial charge in [-0.2, -0.15) is 0 Å². The highest BCUT2D eigenvalue weighted by molar-refractivity contribution is 5.72. The standard InChI is InChI=1S/C22H28O2/c1-3-4-5-8-13-18(2)22(23)24-21(19-14-9-6-10-15-19)20-16-11-7-12-17-20/h6-7,9-12,14-18,21H,3-5,8,13H2,1-2H3. The molecule has 128 valence electrons. The smallest absolute Gasteiger partial charge is 0.309 e. The molecule has 2 aromatic rings. The predicted octanol–water partition coefficient (Wildman–Crippen LogP) is 5.93. The van der Waals surface area contributed by atoms with Crippen molar-refractivity contribution in [3.05, 3.63) is 71.8 Å². The van der Waals surface area contributed by atoms with Crippen molar-refractivity contribution < 1.29 is 9.53 Å². The van der Waals surface area contributed by atoms with Gasteiger partial charge in [0.2, 0.25) is 0 Å². The van der Waals surface area contributed by atoms with Crippen molar-refractivity contribution in [2.24, 2.45) is 5.92 Å². The van der Waals surface area contributed by atoms with Crippen molar-refractivity contribution in [3.8, 4) is 0 Å². The van der Waals surface area contributed by atoms with Crippen LogP contribution in [0.25, 0.3) is 0 Å². The van der Waals surface area contributed by atoms with Gasteiger partial charge in [-0.25, -0.2) is 0 Å². The molecule has 0 aliphatic rings. The van der Waals surface area contributed by atoms with Gasteiger partial charge < -0.3 is 4.74 Å². The lowest BCUT2D eigenvalue weighted by Gasteiger charge is -2.21. The Morgan fingerprint density at radius 1 is 0.875 bits per heavy atom. The second-order valence-electron chi connectivity index (χ2n) is 6.39. The summed E-state index contributed by atoms with van der Waals surface area (Å²) in [5, 5.41) is 0. The summed E-state index contributed by atoms with van der Waals surface area (Å²) in [4.78, 5) is 12.5. The fourth-order valence-corrected chi connectivity index (χ4v) is 2.81. The summed E-state index contributed by atoms with van der Waals surface area (Å²) in [7, 11) is 0. The number of carbonyl (C=O) groups is 1. The third kappa shape index (κ3) is 5.52. The molecule has 0 radical (unpaired) electrons. The number of benzene rings is 2. The fraction of sp³-hybridized carbons (Fsp3) is 0.409. The van der Waals surface area contributed by atoms with Crippen LogP contribution in [0, 0.1) is 5.92 Å². The third-order valence-electron chi connectivity index (χ3n) is 4.33. The van der Waals surface area contributed by atoms with Crippen LogP contribution in [0.15, 0.2) is 60.7 Å². The van der Waals surface area contributed by atoms with Gasteiger partial charge in [0.15, 0.2) is 6.10 Å². The maximum Gasteiger partial charge on any atom is 0.309 e. The summed E-state index contributed by atoms with van der Waals surface area (Å²) >= 11 is 0. The third-order valence-corrected chi connectivity index (χ3v) is 4.33. The molecule has 24 heavy (non-hydrogen) atoms. The van der Waals surface area contributed by atoms with Crippen LogP contribution in [0.1, 0.15) is 63.2 Å². The number of carbonyl (C=O) groups excluding carboxylic acids is 1. The van der Waals surface area contributed by atoms with E-state index in [4.69, 9.17) is 4.74 Å². The largest absolute Gasteiger partial charge is 0.452 e. The lowest BCUT2D eigenvalue weighted by atomic mass is 10.00. The zero-order chi connectivity index (χ0) is 17.2. The molecule has 0 bridgehead atoms. The molecule has 0 N–H and O–H groups in total. The van der Waals surface area contributed by atoms with Gasteiger partial charge in [0.05, 0.1) is 5.92 Å². The molecule has 0 aromatic heterocycles. The summed E-state index contributed by atoms with van der Waals surface area (Å²) in [6.45, 7) is 4.17. The fourth-order valence-electron chi connectivity index (χ4n) is 2.81. The van der Waals surface area contributed by atoms with Crippen LogP contribution in [-0.4, -0.2) is 5.97 Å². The molecule has 0 aliphatic heterocycles. The van der Waals surface area contributed by atoms with Gasteiger partial charge in [-0.3, -0.25) is 4.79 Å². The van der Waals surface area contributed by atoms with Crippen LogP contribution in [0.3, 0.4) is 0 Å². The molecule has 0 heterocycles. The molecular formula is C22H28O2. The molecule has 2 aromatic carbocycles. The van der Waals surface area contributed by atoms with Crippen LogP contribution in [0.4, 0.5) is 0 Å². The number of rotatable bonds is 9. The van der Waals surface area contributed by atoms with E-state index in [2.05, 4.69) is 6.92 Å². The van der Waals surface area contributed by atoms with Gasteiger partial charge in [-0.05, 0) is 17.5 Å². The van der Waals surface area contributed by atoms with Crippen LogP contribution < -0.4 is 0 Å². The highest BCUT2D eigenvalue weighted by Gasteiger charge is 2.22. The second kappa shape index (κ2) is 9.92. The molecule has 0 aliphatic carbocycles. The average molecular weight is 324 g/mol. The van der Waals surface area contributed by atoms with Gasteiger partial charge in [0.25, 0.3) is 0 Å². The number of unbranched alkanes of at least 4 members (excludes halogenated alkanes) is 3. The lowest BCUT2D eigenvalue weighted by molar-refractivity contribution is -0.152. The second-order valence-corrected chi connectivity index (χ2v) is 6.39. The van der Waals surface area contributed by atoms with E-state index in [9.17, 15) is 4.79 Å². The zero-order valence-electron chi connectivity index (χ0n) is 14.8. The van der Waals surface area contributed by atoms with Crippen LogP contribution in [0.5, 0.6) is 0 Å². The summed E-state index contributed by atoms with van der Waals surface area (Å²) in [6, 6.07) is 19.9.